The highest BCUT2D eigenvalue weighted by Gasteiger charge is 2.06. The number of esters is 1. The Bertz CT molecular complexity index is 377. The topological polar surface area (TPSA) is 52.3 Å². The zero-order valence-electron chi connectivity index (χ0n) is 7.20. The van der Waals surface area contributed by atoms with E-state index in [9.17, 15) is 4.79 Å². The summed E-state index contributed by atoms with van der Waals surface area (Å²) in [5, 5.41) is 0. The fourth-order valence-corrected chi connectivity index (χ4v) is 0.939. The lowest BCUT2D eigenvalue weighted by atomic mass is 10.1. The van der Waals surface area contributed by atoms with Crippen molar-refractivity contribution in [3.63, 3.8) is 0 Å². The van der Waals surface area contributed by atoms with Crippen molar-refractivity contribution in [3.05, 3.63) is 29.3 Å². The van der Waals surface area contributed by atoms with Gasteiger partial charge in [-0.15, -0.1) is 6.42 Å². The monoisotopic (exact) mass is 175 g/mol. The zero-order valence-corrected chi connectivity index (χ0v) is 7.20. The first kappa shape index (κ1) is 9.14. The number of carbonyl (C=O) groups excluding carboxylic acids is 1. The van der Waals surface area contributed by atoms with Gasteiger partial charge in [-0.05, 0) is 18.2 Å². The molecule has 0 atom stereocenters. The Labute approximate surface area is 76.5 Å². The molecule has 0 heterocycles. The second kappa shape index (κ2) is 3.63. The van der Waals surface area contributed by atoms with Gasteiger partial charge in [0.25, 0.3) is 0 Å². The van der Waals surface area contributed by atoms with Crippen molar-refractivity contribution in [1.29, 1.82) is 0 Å². The summed E-state index contributed by atoms with van der Waals surface area (Å²) in [6.07, 6.45) is 5.16. The van der Waals surface area contributed by atoms with Crippen molar-refractivity contribution in [3.8, 4) is 12.3 Å². The lowest BCUT2D eigenvalue weighted by Gasteiger charge is -2.01. The summed E-state index contributed by atoms with van der Waals surface area (Å²) in [5.74, 6) is 1.98. The van der Waals surface area contributed by atoms with Gasteiger partial charge in [-0.1, -0.05) is 5.92 Å². The van der Waals surface area contributed by atoms with Crippen LogP contribution >= 0.6 is 0 Å². The maximum Gasteiger partial charge on any atom is 0.337 e. The minimum absolute atomic E-state index is 0.402. The third-order valence-electron chi connectivity index (χ3n) is 1.63. The van der Waals surface area contributed by atoms with Crippen LogP contribution < -0.4 is 5.73 Å². The second-order valence-electron chi connectivity index (χ2n) is 2.44. The molecule has 0 saturated heterocycles. The van der Waals surface area contributed by atoms with Gasteiger partial charge in [0, 0.05) is 11.3 Å². The molecule has 3 heteroatoms. The summed E-state index contributed by atoms with van der Waals surface area (Å²) in [6, 6.07) is 4.69. The molecule has 0 aliphatic rings. The highest BCUT2D eigenvalue weighted by Crippen LogP contribution is 2.13. The summed E-state index contributed by atoms with van der Waals surface area (Å²) < 4.78 is 4.52. The van der Waals surface area contributed by atoms with E-state index in [1.165, 1.54) is 13.2 Å². The van der Waals surface area contributed by atoms with E-state index in [0.717, 1.165) is 0 Å². The van der Waals surface area contributed by atoms with Gasteiger partial charge in [-0.25, -0.2) is 4.79 Å². The first-order chi connectivity index (χ1) is 6.19. The standard InChI is InChI=1S/C10H9NO2/c1-3-7-4-5-8(6-9(7)11)10(12)13-2/h1,4-6H,11H2,2H3. The number of anilines is 1. The Morgan fingerprint density at radius 2 is 2.31 bits per heavy atom. The van der Waals surface area contributed by atoms with Gasteiger partial charge in [0.15, 0.2) is 0 Å². The predicted octanol–water partition coefficient (Wildman–Crippen LogP) is 1.04. The number of hydrogen-bond donors (Lipinski definition) is 1. The third kappa shape index (κ3) is 1.79. The summed E-state index contributed by atoms with van der Waals surface area (Å²) in [7, 11) is 1.31. The van der Waals surface area contributed by atoms with Gasteiger partial charge in [0.05, 0.1) is 12.7 Å². The molecule has 1 rings (SSSR count). The van der Waals surface area contributed by atoms with Gasteiger partial charge in [-0.2, -0.15) is 0 Å². The molecule has 3 nitrogen and oxygen atoms in total. The van der Waals surface area contributed by atoms with Crippen molar-refractivity contribution in [2.75, 3.05) is 12.8 Å². The summed E-state index contributed by atoms with van der Waals surface area (Å²) in [5.41, 5.74) is 6.96. The molecular weight excluding hydrogens is 166 g/mol. The van der Waals surface area contributed by atoms with E-state index in [2.05, 4.69) is 10.7 Å². The lowest BCUT2D eigenvalue weighted by molar-refractivity contribution is 0.0601. The summed E-state index contributed by atoms with van der Waals surface area (Å²) in [4.78, 5) is 11.0. The fraction of sp³-hybridized carbons (Fsp3) is 0.100. The van der Waals surface area contributed by atoms with Crippen LogP contribution in [0.5, 0.6) is 0 Å². The number of benzene rings is 1. The molecule has 0 bridgehead atoms. The molecule has 0 unspecified atom stereocenters. The molecule has 1 aromatic carbocycles. The van der Waals surface area contributed by atoms with E-state index >= 15 is 0 Å². The van der Waals surface area contributed by atoms with Crippen LogP contribution in [0.1, 0.15) is 15.9 Å². The van der Waals surface area contributed by atoms with Crippen LogP contribution in [0.2, 0.25) is 0 Å². The van der Waals surface area contributed by atoms with Crippen LogP contribution in [0.15, 0.2) is 18.2 Å². The molecule has 2 N–H and O–H groups in total. The zero-order chi connectivity index (χ0) is 9.84. The van der Waals surface area contributed by atoms with Crippen molar-refractivity contribution in [2.24, 2.45) is 0 Å². The molecule has 0 radical (unpaired) electrons. The van der Waals surface area contributed by atoms with Crippen LogP contribution in [0.3, 0.4) is 0 Å². The van der Waals surface area contributed by atoms with Crippen LogP contribution in [-0.2, 0) is 4.74 Å². The maximum atomic E-state index is 11.0. The summed E-state index contributed by atoms with van der Waals surface area (Å²) in [6.45, 7) is 0. The lowest BCUT2D eigenvalue weighted by Crippen LogP contribution is -2.02. The Morgan fingerprint density at radius 1 is 1.62 bits per heavy atom. The highest BCUT2D eigenvalue weighted by atomic mass is 16.5. The molecular formula is C10H9NO2. The van der Waals surface area contributed by atoms with E-state index in [-0.39, 0.29) is 0 Å². The van der Waals surface area contributed by atoms with E-state index in [1.807, 2.05) is 0 Å². The Morgan fingerprint density at radius 3 is 2.77 bits per heavy atom. The van der Waals surface area contributed by atoms with E-state index in [1.54, 1.807) is 12.1 Å². The van der Waals surface area contributed by atoms with Crippen LogP contribution in [0.25, 0.3) is 0 Å². The number of nitrogens with two attached hydrogens (primary N) is 1. The number of nitrogen functional groups attached to an aromatic ring is 1. The van der Waals surface area contributed by atoms with E-state index in [4.69, 9.17) is 12.2 Å². The largest absolute Gasteiger partial charge is 0.465 e. The molecule has 66 valence electrons. The molecule has 0 aliphatic carbocycles. The van der Waals surface area contributed by atoms with Crippen LogP contribution in [-0.4, -0.2) is 13.1 Å². The smallest absolute Gasteiger partial charge is 0.337 e. The Hall–Kier alpha value is -1.95. The first-order valence-electron chi connectivity index (χ1n) is 3.63. The number of ether oxygens (including phenoxy) is 1. The molecule has 0 aromatic heterocycles. The second-order valence-corrected chi connectivity index (χ2v) is 2.44. The normalized spacial score (nSPS) is 8.92. The average Bonchev–Trinajstić information content (AvgIpc) is 2.16. The quantitative estimate of drug-likeness (QED) is 0.394. The number of rotatable bonds is 1. The maximum absolute atomic E-state index is 11.0. The molecule has 0 spiro atoms. The number of terminal acetylenes is 1. The molecule has 0 fully saturated rings. The minimum atomic E-state index is -0.421. The molecule has 1 aromatic rings. The van der Waals surface area contributed by atoms with Crippen LogP contribution in [0, 0.1) is 12.3 Å². The van der Waals surface area contributed by atoms with Crippen LogP contribution in [0.4, 0.5) is 5.69 Å². The molecule has 0 saturated carbocycles. The van der Waals surface area contributed by atoms with Gasteiger partial charge in [-0.3, -0.25) is 0 Å². The Kier molecular flexibility index (Phi) is 2.56. The summed E-state index contributed by atoms with van der Waals surface area (Å²) >= 11 is 0. The number of methoxy groups -OCH3 is 1. The van der Waals surface area contributed by atoms with Gasteiger partial charge < -0.3 is 10.5 Å². The third-order valence-corrected chi connectivity index (χ3v) is 1.63. The van der Waals surface area contributed by atoms with E-state index < -0.39 is 5.97 Å². The van der Waals surface area contributed by atoms with Crippen molar-refractivity contribution in [2.45, 2.75) is 0 Å². The Balaban J connectivity index is 3.11. The number of hydrogen-bond acceptors (Lipinski definition) is 3. The number of carbonyl (C=O) groups is 1. The van der Waals surface area contributed by atoms with Crippen molar-refractivity contribution < 1.29 is 9.53 Å². The van der Waals surface area contributed by atoms with Crippen molar-refractivity contribution in [1.82, 2.24) is 0 Å². The van der Waals surface area contributed by atoms with Gasteiger partial charge >= 0.3 is 5.97 Å². The fourth-order valence-electron chi connectivity index (χ4n) is 0.939. The van der Waals surface area contributed by atoms with Gasteiger partial charge in [0.1, 0.15) is 0 Å². The molecule has 13 heavy (non-hydrogen) atoms. The van der Waals surface area contributed by atoms with Gasteiger partial charge in [0.2, 0.25) is 0 Å². The van der Waals surface area contributed by atoms with E-state index in [0.29, 0.717) is 16.8 Å². The average molecular weight is 175 g/mol. The predicted molar refractivity (Wildman–Crippen MR) is 50.1 cm³/mol. The molecule has 0 amide bonds. The van der Waals surface area contributed by atoms with Crippen molar-refractivity contribution >= 4 is 11.7 Å². The minimum Gasteiger partial charge on any atom is -0.465 e. The highest BCUT2D eigenvalue weighted by molar-refractivity contribution is 5.90. The molecule has 0 aliphatic heterocycles. The SMILES string of the molecule is C#Cc1ccc(C(=O)OC)cc1N. The first-order valence-corrected chi connectivity index (χ1v) is 3.63.